The molecular formula is C34H60N6O5. The number of nitrogens with one attached hydrogen (secondary N) is 5. The lowest BCUT2D eigenvalue weighted by Crippen LogP contribution is -2.52. The molecule has 1 rings (SSSR count). The summed E-state index contributed by atoms with van der Waals surface area (Å²) >= 11 is 0. The Morgan fingerprint density at radius 2 is 1.31 bits per heavy atom. The molecule has 0 radical (unpaired) electrons. The highest BCUT2D eigenvalue weighted by Crippen LogP contribution is 2.17. The second kappa shape index (κ2) is 25.9. The Bertz CT molecular complexity index is 957. The van der Waals surface area contributed by atoms with E-state index in [0.29, 0.717) is 43.7 Å². The molecular weight excluding hydrogens is 572 g/mol. The fraction of sp³-hybridized carbons (Fsp3) is 0.706. The molecule has 11 heteroatoms. The summed E-state index contributed by atoms with van der Waals surface area (Å²) in [6.45, 7) is 6.09. The largest absolute Gasteiger partial charge is 0.494 e. The molecule has 0 aliphatic heterocycles. The van der Waals surface area contributed by atoms with Crippen molar-refractivity contribution in [2.24, 2.45) is 0 Å². The van der Waals surface area contributed by atoms with Crippen molar-refractivity contribution in [3.63, 3.8) is 0 Å². The molecule has 0 aliphatic carbocycles. The van der Waals surface area contributed by atoms with Crippen LogP contribution in [0.25, 0.3) is 0 Å². The van der Waals surface area contributed by atoms with Crippen molar-refractivity contribution >= 4 is 29.3 Å². The first-order valence-corrected chi connectivity index (χ1v) is 16.9. The Labute approximate surface area is 271 Å². The molecule has 0 aliphatic rings. The van der Waals surface area contributed by atoms with Crippen LogP contribution in [0.3, 0.4) is 0 Å². The SMILES string of the molecule is CCCCCCCCCCCCNC(=O)CCCOc1ccc(NC(NC(=O)CCCN(C)C)C(=O)NCCNC(C)=O)cc1. The number of carbonyl (C=O) groups is 4. The van der Waals surface area contributed by atoms with Crippen molar-refractivity contribution in [2.75, 3.05) is 52.2 Å². The molecule has 0 aromatic heterocycles. The van der Waals surface area contributed by atoms with Gasteiger partial charge < -0.3 is 36.2 Å². The standard InChI is InChI=1S/C34H60N6O5/c1-5-6-7-8-9-10-11-12-13-14-23-36-31(42)18-16-27-45-30-21-19-29(20-22-30)38-33(34(44)37-25-24-35-28(2)41)39-32(43)17-15-26-40(3)4/h19-22,33,38H,5-18,23-27H2,1-4H3,(H,35,41)(H,36,42)(H,37,44)(H,39,43). The van der Waals surface area contributed by atoms with E-state index in [1.807, 2.05) is 19.0 Å². The van der Waals surface area contributed by atoms with E-state index in [1.54, 1.807) is 24.3 Å². The third-order valence-electron chi connectivity index (χ3n) is 7.21. The van der Waals surface area contributed by atoms with Crippen LogP contribution in [0.5, 0.6) is 5.75 Å². The highest BCUT2D eigenvalue weighted by atomic mass is 16.5. The highest BCUT2D eigenvalue weighted by Gasteiger charge is 2.20. The van der Waals surface area contributed by atoms with Crippen LogP contribution >= 0.6 is 0 Å². The molecule has 1 atom stereocenters. The van der Waals surface area contributed by atoms with E-state index in [2.05, 4.69) is 33.5 Å². The van der Waals surface area contributed by atoms with Crippen LogP contribution in [0.1, 0.15) is 104 Å². The zero-order chi connectivity index (χ0) is 33.1. The summed E-state index contributed by atoms with van der Waals surface area (Å²) in [6.07, 6.45) is 13.8. The molecule has 0 saturated carbocycles. The fourth-order valence-corrected chi connectivity index (χ4v) is 4.65. The number of benzene rings is 1. The quantitative estimate of drug-likeness (QED) is 0.0718. The number of nitrogens with zero attached hydrogens (tertiary/aromatic N) is 1. The second-order valence-corrected chi connectivity index (χ2v) is 11.8. The number of hydrogen-bond acceptors (Lipinski definition) is 7. The average molecular weight is 633 g/mol. The van der Waals surface area contributed by atoms with Crippen LogP contribution < -0.4 is 31.3 Å². The maximum atomic E-state index is 12.8. The third kappa shape index (κ3) is 22.8. The predicted octanol–water partition coefficient (Wildman–Crippen LogP) is 4.33. The lowest BCUT2D eigenvalue weighted by molar-refractivity contribution is -0.128. The number of hydrogen-bond donors (Lipinski definition) is 5. The molecule has 4 amide bonds. The van der Waals surface area contributed by atoms with Crippen molar-refractivity contribution in [1.82, 2.24) is 26.2 Å². The monoisotopic (exact) mass is 632 g/mol. The van der Waals surface area contributed by atoms with Crippen LogP contribution in [-0.2, 0) is 19.2 Å². The van der Waals surface area contributed by atoms with Gasteiger partial charge in [0.1, 0.15) is 5.75 Å². The van der Waals surface area contributed by atoms with Gasteiger partial charge in [-0.05, 0) is 64.2 Å². The molecule has 0 fully saturated rings. The minimum Gasteiger partial charge on any atom is -0.494 e. The van der Waals surface area contributed by atoms with E-state index < -0.39 is 12.1 Å². The first kappa shape index (κ1) is 39.7. The molecule has 0 heterocycles. The summed E-state index contributed by atoms with van der Waals surface area (Å²) in [5, 5.41) is 14.2. The van der Waals surface area contributed by atoms with Crippen LogP contribution in [-0.4, -0.2) is 81.6 Å². The number of ether oxygens (including phenoxy) is 1. The Balaban J connectivity index is 2.35. The summed E-state index contributed by atoms with van der Waals surface area (Å²) in [7, 11) is 3.88. The van der Waals surface area contributed by atoms with E-state index in [0.717, 1.165) is 25.9 Å². The Hall–Kier alpha value is -3.34. The van der Waals surface area contributed by atoms with Gasteiger partial charge >= 0.3 is 0 Å². The molecule has 0 bridgehead atoms. The average Bonchev–Trinajstić information content (AvgIpc) is 3.00. The van der Waals surface area contributed by atoms with Crippen molar-refractivity contribution in [2.45, 2.75) is 110 Å². The molecule has 1 aromatic rings. The number of carbonyl (C=O) groups excluding carboxylic acids is 4. The van der Waals surface area contributed by atoms with Crippen LogP contribution in [0.2, 0.25) is 0 Å². The minimum absolute atomic E-state index is 0.0548. The smallest absolute Gasteiger partial charge is 0.263 e. The van der Waals surface area contributed by atoms with Gasteiger partial charge in [0.05, 0.1) is 6.61 Å². The first-order valence-electron chi connectivity index (χ1n) is 16.9. The van der Waals surface area contributed by atoms with Crippen LogP contribution in [0, 0.1) is 0 Å². The van der Waals surface area contributed by atoms with Gasteiger partial charge in [-0.2, -0.15) is 0 Å². The van der Waals surface area contributed by atoms with Gasteiger partial charge in [-0.1, -0.05) is 64.7 Å². The zero-order valence-corrected chi connectivity index (χ0v) is 28.3. The van der Waals surface area contributed by atoms with E-state index in [1.165, 1.54) is 58.3 Å². The van der Waals surface area contributed by atoms with Gasteiger partial charge in [0.15, 0.2) is 6.17 Å². The van der Waals surface area contributed by atoms with Crippen molar-refractivity contribution in [3.05, 3.63) is 24.3 Å². The molecule has 256 valence electrons. The van der Waals surface area contributed by atoms with Crippen molar-refractivity contribution in [3.8, 4) is 5.75 Å². The normalized spacial score (nSPS) is 11.5. The van der Waals surface area contributed by atoms with Gasteiger partial charge in [-0.15, -0.1) is 0 Å². The first-order chi connectivity index (χ1) is 21.7. The molecule has 11 nitrogen and oxygen atoms in total. The van der Waals surface area contributed by atoms with Gasteiger partial charge in [0.25, 0.3) is 5.91 Å². The predicted molar refractivity (Wildman–Crippen MR) is 181 cm³/mol. The molecule has 1 unspecified atom stereocenters. The van der Waals surface area contributed by atoms with Crippen molar-refractivity contribution < 1.29 is 23.9 Å². The maximum absolute atomic E-state index is 12.8. The zero-order valence-electron chi connectivity index (χ0n) is 28.3. The Kier molecular flexibility index (Phi) is 22.9. The number of amides is 4. The van der Waals surface area contributed by atoms with Crippen LogP contribution in [0.15, 0.2) is 24.3 Å². The maximum Gasteiger partial charge on any atom is 0.263 e. The lowest BCUT2D eigenvalue weighted by atomic mass is 10.1. The third-order valence-corrected chi connectivity index (χ3v) is 7.21. The summed E-state index contributed by atoms with van der Waals surface area (Å²) in [6, 6.07) is 7.09. The highest BCUT2D eigenvalue weighted by molar-refractivity contribution is 5.89. The van der Waals surface area contributed by atoms with E-state index in [4.69, 9.17) is 4.74 Å². The summed E-state index contributed by atoms with van der Waals surface area (Å²) in [5.41, 5.74) is 0.629. The molecule has 1 aromatic carbocycles. The van der Waals surface area contributed by atoms with Gasteiger partial charge in [-0.3, -0.25) is 19.2 Å². The van der Waals surface area contributed by atoms with E-state index in [9.17, 15) is 19.2 Å². The number of anilines is 1. The second-order valence-electron chi connectivity index (χ2n) is 11.8. The minimum atomic E-state index is -0.986. The van der Waals surface area contributed by atoms with Gasteiger partial charge in [0.2, 0.25) is 17.7 Å². The fourth-order valence-electron chi connectivity index (χ4n) is 4.65. The topological polar surface area (TPSA) is 141 Å². The molecule has 0 saturated heterocycles. The molecule has 0 spiro atoms. The summed E-state index contributed by atoms with van der Waals surface area (Å²) in [5.74, 6) is -0.125. The van der Waals surface area contributed by atoms with E-state index in [-0.39, 0.29) is 30.8 Å². The van der Waals surface area contributed by atoms with Crippen LogP contribution in [0.4, 0.5) is 5.69 Å². The van der Waals surface area contributed by atoms with Crippen molar-refractivity contribution in [1.29, 1.82) is 0 Å². The number of rotatable bonds is 27. The summed E-state index contributed by atoms with van der Waals surface area (Å²) < 4.78 is 5.79. The number of unbranched alkanes of at least 4 members (excludes halogenated alkanes) is 9. The Morgan fingerprint density at radius 3 is 1.93 bits per heavy atom. The molecule has 5 N–H and O–H groups in total. The van der Waals surface area contributed by atoms with E-state index >= 15 is 0 Å². The lowest BCUT2D eigenvalue weighted by Gasteiger charge is -2.21. The van der Waals surface area contributed by atoms with Gasteiger partial charge in [0, 0.05) is 45.1 Å². The summed E-state index contributed by atoms with van der Waals surface area (Å²) in [4.78, 5) is 50.5. The Morgan fingerprint density at radius 1 is 0.711 bits per heavy atom. The molecule has 45 heavy (non-hydrogen) atoms. The van der Waals surface area contributed by atoms with Gasteiger partial charge in [-0.25, -0.2) is 0 Å².